The molecule has 86 valence electrons. The van der Waals surface area contributed by atoms with Gasteiger partial charge in [0.15, 0.2) is 0 Å². The normalized spacial score (nSPS) is 15.7. The molecule has 1 saturated carbocycles. The highest BCUT2D eigenvalue weighted by atomic mass is 79.9. The largest absolute Gasteiger partial charge is 0.339 e. The van der Waals surface area contributed by atoms with Crippen LogP contribution < -0.4 is 0 Å². The number of hydrogen-bond donors (Lipinski definition) is 0. The van der Waals surface area contributed by atoms with E-state index < -0.39 is 0 Å². The molecule has 1 aliphatic carbocycles. The minimum Gasteiger partial charge on any atom is -0.339 e. The van der Waals surface area contributed by atoms with E-state index in [0.717, 1.165) is 17.3 Å². The fourth-order valence-electron chi connectivity index (χ4n) is 1.79. The summed E-state index contributed by atoms with van der Waals surface area (Å²) in [7, 11) is 1.87. The van der Waals surface area contributed by atoms with Crippen molar-refractivity contribution in [2.45, 2.75) is 25.3 Å². The van der Waals surface area contributed by atoms with Crippen LogP contribution in [0.1, 0.15) is 29.6 Å². The van der Waals surface area contributed by atoms with Crippen molar-refractivity contribution >= 4 is 33.4 Å². The Hall–Kier alpha value is -0.540. The third-order valence-corrected chi connectivity index (χ3v) is 4.00. The van der Waals surface area contributed by atoms with E-state index in [2.05, 4.69) is 15.9 Å². The van der Waals surface area contributed by atoms with E-state index in [0.29, 0.717) is 16.6 Å². The zero-order chi connectivity index (χ0) is 11.7. The molecular formula is C12H13BrClNO. The topological polar surface area (TPSA) is 20.3 Å². The minimum absolute atomic E-state index is 0.0632. The number of benzene rings is 1. The highest BCUT2D eigenvalue weighted by molar-refractivity contribution is 9.10. The van der Waals surface area contributed by atoms with Gasteiger partial charge in [0.1, 0.15) is 0 Å². The first-order valence-corrected chi connectivity index (χ1v) is 6.49. The van der Waals surface area contributed by atoms with Crippen LogP contribution in [0.4, 0.5) is 0 Å². The monoisotopic (exact) mass is 301 g/mol. The third-order valence-electron chi connectivity index (χ3n) is 3.10. The molecule has 4 heteroatoms. The lowest BCUT2D eigenvalue weighted by atomic mass is 9.91. The van der Waals surface area contributed by atoms with Crippen LogP contribution in [0.2, 0.25) is 5.02 Å². The van der Waals surface area contributed by atoms with Crippen LogP contribution in [0, 0.1) is 0 Å². The van der Waals surface area contributed by atoms with Crippen molar-refractivity contribution in [2.75, 3.05) is 7.05 Å². The second-order valence-corrected chi connectivity index (χ2v) is 5.42. The summed E-state index contributed by atoms with van der Waals surface area (Å²) in [6, 6.07) is 5.68. The second kappa shape index (κ2) is 4.76. The number of nitrogens with zero attached hydrogens (tertiary/aromatic N) is 1. The van der Waals surface area contributed by atoms with Gasteiger partial charge in [0, 0.05) is 22.6 Å². The summed E-state index contributed by atoms with van der Waals surface area (Å²) in [5.41, 5.74) is 0.679. The summed E-state index contributed by atoms with van der Waals surface area (Å²) in [6.45, 7) is 0. The fourth-order valence-corrected chi connectivity index (χ4v) is 2.65. The highest BCUT2D eigenvalue weighted by Crippen LogP contribution is 2.27. The van der Waals surface area contributed by atoms with E-state index in [1.807, 2.05) is 11.9 Å². The van der Waals surface area contributed by atoms with Crippen LogP contribution >= 0.6 is 27.5 Å². The standard InChI is InChI=1S/C12H13BrClNO/c1-15(9-3-2-4-9)12(16)10-6-5-8(14)7-11(10)13/h5-7,9H,2-4H2,1H3. The van der Waals surface area contributed by atoms with Gasteiger partial charge in [-0.15, -0.1) is 0 Å². The quantitative estimate of drug-likeness (QED) is 0.815. The Labute approximate surface area is 109 Å². The van der Waals surface area contributed by atoms with E-state index in [9.17, 15) is 4.79 Å². The molecule has 1 aromatic rings. The van der Waals surface area contributed by atoms with Crippen molar-refractivity contribution in [1.29, 1.82) is 0 Å². The lowest BCUT2D eigenvalue weighted by Crippen LogP contribution is -2.41. The average Bonchev–Trinajstić information content (AvgIpc) is 2.14. The van der Waals surface area contributed by atoms with E-state index in [1.54, 1.807) is 18.2 Å². The smallest absolute Gasteiger partial charge is 0.254 e. The summed E-state index contributed by atoms with van der Waals surface area (Å²) >= 11 is 9.22. The molecule has 0 radical (unpaired) electrons. The van der Waals surface area contributed by atoms with Gasteiger partial charge in [0.25, 0.3) is 5.91 Å². The Morgan fingerprint density at radius 1 is 1.50 bits per heavy atom. The maximum absolute atomic E-state index is 12.2. The maximum Gasteiger partial charge on any atom is 0.254 e. The van der Waals surface area contributed by atoms with Crippen LogP contribution in [0.3, 0.4) is 0 Å². The molecule has 0 N–H and O–H groups in total. The molecule has 0 spiro atoms. The third kappa shape index (κ3) is 2.25. The molecule has 1 fully saturated rings. The van der Waals surface area contributed by atoms with Gasteiger partial charge in [-0.2, -0.15) is 0 Å². The molecule has 0 aliphatic heterocycles. The first kappa shape index (κ1) is 11.9. The van der Waals surface area contributed by atoms with Crippen LogP contribution in [-0.2, 0) is 0 Å². The van der Waals surface area contributed by atoms with Crippen molar-refractivity contribution in [3.63, 3.8) is 0 Å². The van der Waals surface area contributed by atoms with E-state index in [4.69, 9.17) is 11.6 Å². The van der Waals surface area contributed by atoms with Gasteiger partial charge in [0.2, 0.25) is 0 Å². The first-order chi connectivity index (χ1) is 7.59. The van der Waals surface area contributed by atoms with Gasteiger partial charge < -0.3 is 4.90 Å². The van der Waals surface area contributed by atoms with E-state index in [1.165, 1.54) is 6.42 Å². The molecule has 0 aromatic heterocycles. The summed E-state index contributed by atoms with van der Waals surface area (Å²) in [5.74, 6) is 0.0632. The van der Waals surface area contributed by atoms with E-state index in [-0.39, 0.29) is 5.91 Å². The molecule has 1 aliphatic rings. The molecule has 16 heavy (non-hydrogen) atoms. The number of hydrogen-bond acceptors (Lipinski definition) is 1. The molecular weight excluding hydrogens is 289 g/mol. The number of halogens is 2. The second-order valence-electron chi connectivity index (χ2n) is 4.12. The Morgan fingerprint density at radius 2 is 2.19 bits per heavy atom. The number of carbonyl (C=O) groups is 1. The summed E-state index contributed by atoms with van der Waals surface area (Å²) in [5, 5.41) is 0.634. The van der Waals surface area contributed by atoms with Gasteiger partial charge in [-0.25, -0.2) is 0 Å². The molecule has 1 amide bonds. The molecule has 2 nitrogen and oxygen atoms in total. The average molecular weight is 303 g/mol. The summed E-state index contributed by atoms with van der Waals surface area (Å²) in [4.78, 5) is 14.0. The van der Waals surface area contributed by atoms with E-state index >= 15 is 0 Å². The van der Waals surface area contributed by atoms with Crippen LogP contribution in [0.5, 0.6) is 0 Å². The predicted molar refractivity (Wildman–Crippen MR) is 68.9 cm³/mol. The molecule has 2 rings (SSSR count). The Bertz CT molecular complexity index is 417. The zero-order valence-electron chi connectivity index (χ0n) is 9.04. The molecule has 0 bridgehead atoms. The van der Waals surface area contributed by atoms with Crippen molar-refractivity contribution in [1.82, 2.24) is 4.90 Å². The van der Waals surface area contributed by atoms with Gasteiger partial charge in [-0.3, -0.25) is 4.79 Å². The van der Waals surface area contributed by atoms with Crippen LogP contribution in [-0.4, -0.2) is 23.9 Å². The van der Waals surface area contributed by atoms with Crippen molar-refractivity contribution in [2.24, 2.45) is 0 Å². The molecule has 0 unspecified atom stereocenters. The lowest BCUT2D eigenvalue weighted by molar-refractivity contribution is 0.0651. The first-order valence-electron chi connectivity index (χ1n) is 5.32. The Kier molecular flexibility index (Phi) is 3.55. The van der Waals surface area contributed by atoms with Crippen LogP contribution in [0.25, 0.3) is 0 Å². The van der Waals surface area contributed by atoms with Crippen LogP contribution in [0.15, 0.2) is 22.7 Å². The molecule has 1 aromatic carbocycles. The fraction of sp³-hybridized carbons (Fsp3) is 0.417. The van der Waals surface area contributed by atoms with Gasteiger partial charge in [-0.05, 0) is 53.4 Å². The molecule has 0 atom stereocenters. The highest BCUT2D eigenvalue weighted by Gasteiger charge is 2.27. The molecule has 0 heterocycles. The van der Waals surface area contributed by atoms with Crippen molar-refractivity contribution < 1.29 is 4.79 Å². The zero-order valence-corrected chi connectivity index (χ0v) is 11.4. The van der Waals surface area contributed by atoms with Crippen molar-refractivity contribution in [3.05, 3.63) is 33.3 Å². The van der Waals surface area contributed by atoms with Gasteiger partial charge in [-0.1, -0.05) is 11.6 Å². The number of amides is 1. The van der Waals surface area contributed by atoms with Gasteiger partial charge >= 0.3 is 0 Å². The lowest BCUT2D eigenvalue weighted by Gasteiger charge is -2.34. The Balaban J connectivity index is 2.19. The van der Waals surface area contributed by atoms with Crippen molar-refractivity contribution in [3.8, 4) is 0 Å². The maximum atomic E-state index is 12.2. The summed E-state index contributed by atoms with van der Waals surface area (Å²) < 4.78 is 0.760. The molecule has 0 saturated heterocycles. The minimum atomic E-state index is 0.0632. The SMILES string of the molecule is CN(C(=O)c1ccc(Cl)cc1Br)C1CCC1. The predicted octanol–water partition coefficient (Wildman–Crippen LogP) is 3.73. The number of rotatable bonds is 2. The Morgan fingerprint density at radius 3 is 2.69 bits per heavy atom. The number of carbonyl (C=O) groups excluding carboxylic acids is 1. The summed E-state index contributed by atoms with van der Waals surface area (Å²) in [6.07, 6.45) is 3.46. The van der Waals surface area contributed by atoms with Gasteiger partial charge in [0.05, 0.1) is 5.56 Å².